The number of carbonyl (C=O) groups is 4. The third-order valence-corrected chi connectivity index (χ3v) is 5.82. The predicted octanol–water partition coefficient (Wildman–Crippen LogP) is 2.99. The maximum Gasteiger partial charge on any atom is 0.303 e. The smallest absolute Gasteiger partial charge is 0.303 e. The molecule has 3 aromatic carbocycles. The number of benzene rings is 3. The van der Waals surface area contributed by atoms with Crippen LogP contribution in [-0.2, 0) is 19.2 Å². The Hall–Kier alpha value is -5.34. The molecule has 11 nitrogen and oxygen atoms in total. The zero-order valence-electron chi connectivity index (χ0n) is 20.5. The number of amides is 3. The summed E-state index contributed by atoms with van der Waals surface area (Å²) in [5.74, 6) is -3.00. The summed E-state index contributed by atoms with van der Waals surface area (Å²) in [6.07, 6.45) is -0.287. The fourth-order valence-electron chi connectivity index (χ4n) is 3.87. The number of carbonyl (C=O) groups excluding carboxylic acids is 3. The second kappa shape index (κ2) is 11.8. The van der Waals surface area contributed by atoms with E-state index >= 15 is 0 Å². The Bertz CT molecular complexity index is 1510. The number of nitrogens with one attached hydrogen (secondary N) is 2. The molecule has 39 heavy (non-hydrogen) atoms. The Labute approximate surface area is 222 Å². The van der Waals surface area contributed by atoms with Crippen LogP contribution in [0.5, 0.6) is 11.5 Å². The minimum atomic E-state index is -1.06. The number of anilines is 1. The van der Waals surface area contributed by atoms with Crippen LogP contribution in [0, 0.1) is 11.3 Å². The lowest BCUT2D eigenvalue weighted by molar-refractivity contribution is -0.137. The van der Waals surface area contributed by atoms with Gasteiger partial charge in [0, 0.05) is 12.1 Å². The lowest BCUT2D eigenvalue weighted by atomic mass is 9.95. The first kappa shape index (κ1) is 26.7. The molecular formula is C28H23N5O6. The zero-order chi connectivity index (χ0) is 27.9. The van der Waals surface area contributed by atoms with Gasteiger partial charge in [0.2, 0.25) is 11.8 Å². The second-order valence-corrected chi connectivity index (χ2v) is 8.61. The third kappa shape index (κ3) is 6.51. The highest BCUT2D eigenvalue weighted by Crippen LogP contribution is 2.30. The van der Waals surface area contributed by atoms with Gasteiger partial charge in [0.1, 0.15) is 29.2 Å². The molecule has 3 aromatic rings. The van der Waals surface area contributed by atoms with Crippen molar-refractivity contribution in [2.75, 3.05) is 5.32 Å². The minimum absolute atomic E-state index is 0.0230. The van der Waals surface area contributed by atoms with Crippen molar-refractivity contribution < 1.29 is 29.0 Å². The molecule has 1 fully saturated rings. The van der Waals surface area contributed by atoms with Crippen LogP contribution in [0.2, 0.25) is 0 Å². The van der Waals surface area contributed by atoms with Gasteiger partial charge in [-0.25, -0.2) is 4.99 Å². The van der Waals surface area contributed by atoms with Crippen LogP contribution < -0.4 is 21.1 Å². The molecule has 0 bridgehead atoms. The molecule has 1 heterocycles. The summed E-state index contributed by atoms with van der Waals surface area (Å²) < 4.78 is 5.77. The monoisotopic (exact) mass is 525 g/mol. The topological polar surface area (TPSA) is 184 Å². The van der Waals surface area contributed by atoms with Crippen LogP contribution in [0.25, 0.3) is 0 Å². The number of nitrogens with zero attached hydrogens (tertiary/aromatic N) is 2. The number of para-hydroxylation sites is 1. The minimum Gasteiger partial charge on any atom is -0.481 e. The number of carboxylic acid groups (broad SMARTS) is 1. The Morgan fingerprint density at radius 3 is 2.56 bits per heavy atom. The molecule has 5 N–H and O–H groups in total. The summed E-state index contributed by atoms with van der Waals surface area (Å²) in [5, 5.41) is 22.9. The molecular weight excluding hydrogens is 502 g/mol. The predicted molar refractivity (Wildman–Crippen MR) is 141 cm³/mol. The molecule has 4 rings (SSSR count). The first-order valence-corrected chi connectivity index (χ1v) is 11.8. The van der Waals surface area contributed by atoms with E-state index in [0.717, 1.165) is 0 Å². The molecule has 0 spiro atoms. The number of hydrogen-bond acceptors (Lipinski definition) is 8. The number of nitrogens with two attached hydrogens (primary N) is 1. The zero-order valence-corrected chi connectivity index (χ0v) is 20.5. The van der Waals surface area contributed by atoms with Crippen molar-refractivity contribution in [1.82, 2.24) is 5.32 Å². The highest BCUT2D eigenvalue weighted by atomic mass is 16.5. The molecule has 11 heteroatoms. The number of ether oxygens (including phenoxy) is 1. The molecule has 2 atom stereocenters. The first-order chi connectivity index (χ1) is 18.7. The molecule has 196 valence electrons. The number of aliphatic imine (C=N–C) groups is 1. The number of rotatable bonds is 9. The van der Waals surface area contributed by atoms with Gasteiger partial charge >= 0.3 is 5.97 Å². The van der Waals surface area contributed by atoms with Crippen LogP contribution in [0.15, 0.2) is 77.8 Å². The molecule has 3 amide bonds. The van der Waals surface area contributed by atoms with E-state index in [1.807, 2.05) is 0 Å². The number of aliphatic carboxylic acids is 1. The number of hydrogen-bond donors (Lipinski definition) is 4. The van der Waals surface area contributed by atoms with Crippen LogP contribution >= 0.6 is 0 Å². The van der Waals surface area contributed by atoms with E-state index in [1.54, 1.807) is 66.7 Å². The number of imide groups is 1. The number of carboxylic acids is 1. The lowest BCUT2D eigenvalue weighted by Gasteiger charge is -2.14. The van der Waals surface area contributed by atoms with E-state index in [4.69, 9.17) is 15.6 Å². The molecule has 0 saturated carbocycles. The van der Waals surface area contributed by atoms with Crippen molar-refractivity contribution in [2.45, 2.75) is 24.8 Å². The molecule has 1 unspecified atom stereocenters. The Morgan fingerprint density at radius 2 is 1.85 bits per heavy atom. The third-order valence-electron chi connectivity index (χ3n) is 5.82. The quantitative estimate of drug-likeness (QED) is 0.307. The molecule has 0 radical (unpaired) electrons. The van der Waals surface area contributed by atoms with E-state index in [2.05, 4.69) is 21.7 Å². The fourth-order valence-corrected chi connectivity index (χ4v) is 3.87. The van der Waals surface area contributed by atoms with Gasteiger partial charge in [-0.15, -0.1) is 0 Å². The normalized spacial score (nSPS) is 16.3. The summed E-state index contributed by atoms with van der Waals surface area (Å²) in [7, 11) is 0. The van der Waals surface area contributed by atoms with Gasteiger partial charge in [-0.2, -0.15) is 5.26 Å². The fraction of sp³-hybridized carbons (Fsp3) is 0.143. The lowest BCUT2D eigenvalue weighted by Crippen LogP contribution is -2.36. The van der Waals surface area contributed by atoms with Crippen molar-refractivity contribution in [3.63, 3.8) is 0 Å². The highest BCUT2D eigenvalue weighted by Gasteiger charge is 2.39. The average Bonchev–Trinajstić information content (AvgIpc) is 3.20. The van der Waals surface area contributed by atoms with Crippen LogP contribution in [0.3, 0.4) is 0 Å². The van der Waals surface area contributed by atoms with Crippen molar-refractivity contribution in [2.24, 2.45) is 10.7 Å². The van der Waals surface area contributed by atoms with Crippen molar-refractivity contribution in [3.8, 4) is 17.6 Å². The van der Waals surface area contributed by atoms with Gasteiger partial charge in [0.25, 0.3) is 5.91 Å². The van der Waals surface area contributed by atoms with E-state index in [0.29, 0.717) is 34.0 Å². The number of nitriles is 1. The van der Waals surface area contributed by atoms with Crippen molar-refractivity contribution in [1.29, 1.82) is 5.26 Å². The largest absolute Gasteiger partial charge is 0.481 e. The maximum absolute atomic E-state index is 12.7. The van der Waals surface area contributed by atoms with Crippen molar-refractivity contribution in [3.05, 3.63) is 83.9 Å². The Balaban J connectivity index is 1.53. The van der Waals surface area contributed by atoms with Gasteiger partial charge in [0.05, 0.1) is 17.3 Å². The van der Waals surface area contributed by atoms with Gasteiger partial charge in [-0.05, 0) is 60.5 Å². The molecule has 0 aliphatic carbocycles. The average molecular weight is 526 g/mol. The van der Waals surface area contributed by atoms with Crippen LogP contribution in [0.1, 0.15) is 29.9 Å². The molecule has 1 aliphatic rings. The molecule has 0 aromatic heterocycles. The summed E-state index contributed by atoms with van der Waals surface area (Å²) in [6.45, 7) is 0. The second-order valence-electron chi connectivity index (χ2n) is 8.61. The van der Waals surface area contributed by atoms with Gasteiger partial charge in [-0.1, -0.05) is 24.3 Å². The maximum atomic E-state index is 12.7. The Kier molecular flexibility index (Phi) is 8.09. The van der Waals surface area contributed by atoms with E-state index in [-0.39, 0.29) is 18.6 Å². The van der Waals surface area contributed by atoms with Crippen LogP contribution in [0.4, 0.5) is 11.4 Å². The van der Waals surface area contributed by atoms with Gasteiger partial charge in [-0.3, -0.25) is 24.5 Å². The Morgan fingerprint density at radius 1 is 1.10 bits per heavy atom. The van der Waals surface area contributed by atoms with Gasteiger partial charge < -0.3 is 20.9 Å². The molecule has 1 saturated heterocycles. The summed E-state index contributed by atoms with van der Waals surface area (Å²) in [5.41, 5.74) is 7.27. The van der Waals surface area contributed by atoms with E-state index in [1.165, 1.54) is 6.07 Å². The van der Waals surface area contributed by atoms with E-state index < -0.39 is 35.7 Å². The van der Waals surface area contributed by atoms with Gasteiger partial charge in [0.15, 0.2) is 0 Å². The van der Waals surface area contributed by atoms with E-state index in [9.17, 15) is 24.4 Å². The summed E-state index contributed by atoms with van der Waals surface area (Å²) in [4.78, 5) is 52.7. The summed E-state index contributed by atoms with van der Waals surface area (Å²) in [6, 6.07) is 20.6. The molecule has 1 aliphatic heterocycles. The first-order valence-electron chi connectivity index (χ1n) is 11.8. The van der Waals surface area contributed by atoms with Crippen molar-refractivity contribution >= 4 is 40.8 Å². The summed E-state index contributed by atoms with van der Waals surface area (Å²) >= 11 is 0. The standard InChI is InChI=1S/C28H23N5O6/c29-15-17-4-1-2-7-22(17)39-20-10-8-18(9-11-20)31-25-24(27(37)33-28(25)38)16-5-3-6-19(14-16)32-26(36)21(30)12-13-23(34)35/h1-11,14,21,24H,12-13,30H2,(H,32,36)(H,34,35)(H,33,37,38)/t21-,24?/m0/s1. The SMILES string of the molecule is N#Cc1ccccc1Oc1ccc(N=C2C(=O)NC(=O)C2c2cccc(NC(=O)[C@@H](N)CCC(=O)O)c2)cc1. The highest BCUT2D eigenvalue weighted by molar-refractivity contribution is 6.52. The van der Waals surface area contributed by atoms with Crippen LogP contribution in [-0.4, -0.2) is 40.6 Å².